The van der Waals surface area contributed by atoms with E-state index in [1.54, 1.807) is 0 Å². The Bertz CT molecular complexity index is 634. The van der Waals surface area contributed by atoms with Gasteiger partial charge >= 0.3 is 0 Å². The largest absolute Gasteiger partial charge is 0.354 e. The highest BCUT2D eigenvalue weighted by Gasteiger charge is 2.16. The second-order valence-corrected chi connectivity index (χ2v) is 5.88. The maximum atomic E-state index is 11.8. The summed E-state index contributed by atoms with van der Waals surface area (Å²) in [5, 5.41) is 6.75. The fraction of sp³-hybridized carbons (Fsp3) is 0.471. The number of carbonyl (C=O) groups excluding carboxylic acids is 1. The van der Waals surface area contributed by atoms with Gasteiger partial charge in [0.15, 0.2) is 5.82 Å². The Labute approximate surface area is 136 Å². The van der Waals surface area contributed by atoms with Gasteiger partial charge in [0.2, 0.25) is 5.91 Å². The van der Waals surface area contributed by atoms with Gasteiger partial charge in [0, 0.05) is 18.5 Å². The lowest BCUT2D eigenvalue weighted by Gasteiger charge is -2.15. The van der Waals surface area contributed by atoms with Crippen molar-refractivity contribution in [1.29, 1.82) is 0 Å². The summed E-state index contributed by atoms with van der Waals surface area (Å²) >= 11 is 0. The molecule has 0 bridgehead atoms. The summed E-state index contributed by atoms with van der Waals surface area (Å²) in [6, 6.07) is 7.44. The molecular weight excluding hydrogens is 292 g/mol. The minimum Gasteiger partial charge on any atom is -0.354 e. The molecule has 0 fully saturated rings. The maximum Gasteiger partial charge on any atom is 0.257 e. The Morgan fingerprint density at radius 2 is 2.00 bits per heavy atom. The van der Waals surface area contributed by atoms with Crippen LogP contribution in [0.1, 0.15) is 32.2 Å². The molecule has 1 heterocycles. The second-order valence-electron chi connectivity index (χ2n) is 5.88. The normalized spacial score (nSPS) is 12.4. The first kappa shape index (κ1) is 17.1. The van der Waals surface area contributed by atoms with Crippen LogP contribution in [0.4, 0.5) is 0 Å². The zero-order chi connectivity index (χ0) is 16.8. The van der Waals surface area contributed by atoms with Crippen molar-refractivity contribution in [2.75, 3.05) is 6.54 Å². The molecule has 0 aliphatic rings. The zero-order valence-electron chi connectivity index (χ0n) is 13.9. The van der Waals surface area contributed by atoms with Crippen molar-refractivity contribution < 1.29 is 9.32 Å². The highest BCUT2D eigenvalue weighted by molar-refractivity contribution is 5.81. The lowest BCUT2D eigenvalue weighted by atomic mass is 10.0. The SMILES string of the molecule is CCc1noc(-c2ccc(CCNC(=O)[C@@H](N)C(C)C)cc2)n1. The molecule has 23 heavy (non-hydrogen) atoms. The minimum atomic E-state index is -0.456. The number of hydrogen-bond donors (Lipinski definition) is 2. The Balaban J connectivity index is 1.87. The van der Waals surface area contributed by atoms with Crippen molar-refractivity contribution in [3.05, 3.63) is 35.7 Å². The number of benzene rings is 1. The summed E-state index contributed by atoms with van der Waals surface area (Å²) in [7, 11) is 0. The third-order valence-electron chi connectivity index (χ3n) is 3.72. The van der Waals surface area contributed by atoms with Crippen LogP contribution in [0.5, 0.6) is 0 Å². The number of nitrogens with one attached hydrogen (secondary N) is 1. The minimum absolute atomic E-state index is 0.102. The highest BCUT2D eigenvalue weighted by atomic mass is 16.5. The number of rotatable bonds is 7. The van der Waals surface area contributed by atoms with Crippen LogP contribution in [0.2, 0.25) is 0 Å². The number of hydrogen-bond acceptors (Lipinski definition) is 5. The molecule has 3 N–H and O–H groups in total. The quantitative estimate of drug-likeness (QED) is 0.814. The second kappa shape index (κ2) is 7.87. The van der Waals surface area contributed by atoms with Crippen LogP contribution in [0.25, 0.3) is 11.5 Å². The van der Waals surface area contributed by atoms with E-state index in [0.717, 1.165) is 24.0 Å². The molecule has 0 spiro atoms. The molecule has 1 atom stereocenters. The van der Waals surface area contributed by atoms with Gasteiger partial charge in [-0.1, -0.05) is 38.1 Å². The summed E-state index contributed by atoms with van der Waals surface area (Å²) in [5.41, 5.74) is 7.82. The number of aryl methyl sites for hydroxylation is 1. The van der Waals surface area contributed by atoms with Crippen molar-refractivity contribution in [1.82, 2.24) is 15.5 Å². The summed E-state index contributed by atoms with van der Waals surface area (Å²) in [6.45, 7) is 6.42. The zero-order valence-corrected chi connectivity index (χ0v) is 13.9. The third kappa shape index (κ3) is 4.63. The average Bonchev–Trinajstić information content (AvgIpc) is 3.03. The number of nitrogens with zero attached hydrogens (tertiary/aromatic N) is 2. The first-order chi connectivity index (χ1) is 11.0. The summed E-state index contributed by atoms with van der Waals surface area (Å²) in [4.78, 5) is 16.1. The van der Waals surface area contributed by atoms with Gasteiger partial charge in [-0.3, -0.25) is 4.79 Å². The van der Waals surface area contributed by atoms with Crippen LogP contribution in [0.15, 0.2) is 28.8 Å². The molecule has 1 aromatic carbocycles. The van der Waals surface area contributed by atoms with Crippen LogP contribution in [0, 0.1) is 5.92 Å². The molecular formula is C17H24N4O2. The van der Waals surface area contributed by atoms with E-state index in [4.69, 9.17) is 10.3 Å². The average molecular weight is 316 g/mol. The Kier molecular flexibility index (Phi) is 5.87. The molecule has 0 aliphatic heterocycles. The Morgan fingerprint density at radius 3 is 2.57 bits per heavy atom. The van der Waals surface area contributed by atoms with Crippen molar-refractivity contribution in [2.45, 2.75) is 39.7 Å². The van der Waals surface area contributed by atoms with Crippen molar-refractivity contribution in [3.8, 4) is 11.5 Å². The van der Waals surface area contributed by atoms with E-state index in [0.29, 0.717) is 18.3 Å². The van der Waals surface area contributed by atoms with Gasteiger partial charge in [0.25, 0.3) is 5.89 Å². The molecule has 0 unspecified atom stereocenters. The van der Waals surface area contributed by atoms with Crippen molar-refractivity contribution in [3.63, 3.8) is 0 Å². The maximum absolute atomic E-state index is 11.8. The van der Waals surface area contributed by atoms with Crippen LogP contribution >= 0.6 is 0 Å². The van der Waals surface area contributed by atoms with Gasteiger partial charge in [0.1, 0.15) is 0 Å². The van der Waals surface area contributed by atoms with E-state index in [1.807, 2.05) is 45.0 Å². The summed E-state index contributed by atoms with van der Waals surface area (Å²) < 4.78 is 5.21. The molecule has 0 radical (unpaired) electrons. The Hall–Kier alpha value is -2.21. The van der Waals surface area contributed by atoms with Crippen LogP contribution in [0.3, 0.4) is 0 Å². The predicted octanol–water partition coefficient (Wildman–Crippen LogP) is 1.94. The number of amides is 1. The molecule has 2 aromatic rings. The lowest BCUT2D eigenvalue weighted by Crippen LogP contribution is -2.44. The molecule has 124 valence electrons. The number of carbonyl (C=O) groups is 1. The summed E-state index contributed by atoms with van der Waals surface area (Å²) in [5.74, 6) is 1.27. The monoisotopic (exact) mass is 316 g/mol. The third-order valence-corrected chi connectivity index (χ3v) is 3.72. The van der Waals surface area contributed by atoms with E-state index in [-0.39, 0.29) is 11.8 Å². The smallest absolute Gasteiger partial charge is 0.257 e. The van der Waals surface area contributed by atoms with E-state index < -0.39 is 6.04 Å². The van der Waals surface area contributed by atoms with E-state index in [1.165, 1.54) is 0 Å². The van der Waals surface area contributed by atoms with Crippen molar-refractivity contribution in [2.24, 2.45) is 11.7 Å². The molecule has 0 aliphatic carbocycles. The molecule has 0 saturated carbocycles. The van der Waals surface area contributed by atoms with E-state index in [2.05, 4.69) is 15.5 Å². The standard InChI is InChI=1S/C17H24N4O2/c1-4-14-20-17(23-21-14)13-7-5-12(6-8-13)9-10-19-16(22)15(18)11(2)3/h5-8,11,15H,4,9-10,18H2,1-3H3,(H,19,22)/t15-/m0/s1. The van der Waals surface area contributed by atoms with Gasteiger partial charge in [-0.25, -0.2) is 0 Å². The fourth-order valence-corrected chi connectivity index (χ4v) is 2.08. The fourth-order valence-electron chi connectivity index (χ4n) is 2.08. The summed E-state index contributed by atoms with van der Waals surface area (Å²) in [6.07, 6.45) is 1.50. The van der Waals surface area contributed by atoms with Gasteiger partial charge in [-0.05, 0) is 30.0 Å². The highest BCUT2D eigenvalue weighted by Crippen LogP contribution is 2.18. The van der Waals surface area contributed by atoms with E-state index in [9.17, 15) is 4.79 Å². The molecule has 6 nitrogen and oxygen atoms in total. The first-order valence-electron chi connectivity index (χ1n) is 7.96. The van der Waals surface area contributed by atoms with Gasteiger partial charge in [-0.15, -0.1) is 0 Å². The van der Waals surface area contributed by atoms with Crippen LogP contribution < -0.4 is 11.1 Å². The topological polar surface area (TPSA) is 94.0 Å². The molecule has 0 saturated heterocycles. The van der Waals surface area contributed by atoms with Crippen LogP contribution in [-0.4, -0.2) is 28.6 Å². The molecule has 6 heteroatoms. The predicted molar refractivity (Wildman–Crippen MR) is 88.6 cm³/mol. The van der Waals surface area contributed by atoms with Gasteiger partial charge < -0.3 is 15.6 Å². The lowest BCUT2D eigenvalue weighted by molar-refractivity contribution is -0.123. The van der Waals surface area contributed by atoms with Gasteiger partial charge in [0.05, 0.1) is 6.04 Å². The van der Waals surface area contributed by atoms with E-state index >= 15 is 0 Å². The van der Waals surface area contributed by atoms with Crippen molar-refractivity contribution >= 4 is 5.91 Å². The first-order valence-corrected chi connectivity index (χ1v) is 7.96. The molecule has 1 aromatic heterocycles. The Morgan fingerprint density at radius 1 is 1.30 bits per heavy atom. The van der Waals surface area contributed by atoms with Gasteiger partial charge in [-0.2, -0.15) is 4.98 Å². The number of aromatic nitrogens is 2. The van der Waals surface area contributed by atoms with Crippen LogP contribution in [-0.2, 0) is 17.6 Å². The number of nitrogens with two attached hydrogens (primary N) is 1. The molecule has 2 rings (SSSR count). The molecule has 1 amide bonds.